The summed E-state index contributed by atoms with van der Waals surface area (Å²) in [6.45, 7) is 11.3. The molecule has 94 valence electrons. The van der Waals surface area contributed by atoms with Crippen molar-refractivity contribution in [3.8, 4) is 0 Å². The molecule has 0 aromatic rings. The molecule has 0 fully saturated rings. The van der Waals surface area contributed by atoms with Crippen LogP contribution in [0.15, 0.2) is 4.99 Å². The van der Waals surface area contributed by atoms with Crippen LogP contribution in [0, 0.1) is 0 Å². The first-order valence-corrected chi connectivity index (χ1v) is 7.46. The monoisotopic (exact) mass is 242 g/mol. The minimum absolute atomic E-state index is 0.163. The van der Waals surface area contributed by atoms with Crippen LogP contribution in [0.1, 0.15) is 60.3 Å². The fourth-order valence-electron chi connectivity index (χ4n) is 1.71. The van der Waals surface area contributed by atoms with Crippen LogP contribution in [0.3, 0.4) is 0 Å². The quantitative estimate of drug-likeness (QED) is 0.810. The van der Waals surface area contributed by atoms with Crippen molar-refractivity contribution in [2.45, 2.75) is 71.4 Å². The summed E-state index contributed by atoms with van der Waals surface area (Å²) in [5.74, 6) is 1.19. The lowest BCUT2D eigenvalue weighted by Gasteiger charge is -2.35. The summed E-state index contributed by atoms with van der Waals surface area (Å²) in [5, 5.41) is 4.79. The third-order valence-electron chi connectivity index (χ3n) is 3.98. The summed E-state index contributed by atoms with van der Waals surface area (Å²) < 4.78 is 0. The van der Waals surface area contributed by atoms with Gasteiger partial charge in [0.15, 0.2) is 5.17 Å². The smallest absolute Gasteiger partial charge is 0.157 e. The van der Waals surface area contributed by atoms with Crippen molar-refractivity contribution in [3.05, 3.63) is 0 Å². The van der Waals surface area contributed by atoms with Gasteiger partial charge in [0.05, 0.1) is 5.54 Å². The minimum Gasteiger partial charge on any atom is -0.360 e. The zero-order valence-corrected chi connectivity index (χ0v) is 12.2. The first kappa shape index (κ1) is 13.9. The van der Waals surface area contributed by atoms with Crippen LogP contribution in [0.5, 0.6) is 0 Å². The molecule has 1 atom stereocenters. The summed E-state index contributed by atoms with van der Waals surface area (Å²) in [6.07, 6.45) is 4.62. The van der Waals surface area contributed by atoms with Crippen molar-refractivity contribution in [3.63, 3.8) is 0 Å². The van der Waals surface area contributed by atoms with Gasteiger partial charge >= 0.3 is 0 Å². The molecule has 0 aromatic heterocycles. The molecule has 0 saturated heterocycles. The van der Waals surface area contributed by atoms with Crippen molar-refractivity contribution in [2.75, 3.05) is 5.75 Å². The van der Waals surface area contributed by atoms with Crippen LogP contribution in [0.2, 0.25) is 0 Å². The summed E-state index contributed by atoms with van der Waals surface area (Å²) in [4.78, 5) is 4.88. The van der Waals surface area contributed by atoms with Crippen LogP contribution >= 0.6 is 11.8 Å². The van der Waals surface area contributed by atoms with Crippen LogP contribution in [-0.2, 0) is 0 Å². The zero-order valence-electron chi connectivity index (χ0n) is 11.4. The van der Waals surface area contributed by atoms with E-state index in [0.29, 0.717) is 0 Å². The SMILES string of the molecule is CCC1(C)CCSC(NC(C)(CC)CC)=N1. The highest BCUT2D eigenvalue weighted by Crippen LogP contribution is 2.29. The normalized spacial score (nSPS) is 26.4. The van der Waals surface area contributed by atoms with Gasteiger partial charge in [-0.3, -0.25) is 4.99 Å². The average molecular weight is 242 g/mol. The molecular formula is C13H26N2S. The molecule has 2 nitrogen and oxygen atoms in total. The number of hydrogen-bond donors (Lipinski definition) is 1. The third-order valence-corrected chi connectivity index (χ3v) is 4.86. The van der Waals surface area contributed by atoms with E-state index in [0.717, 1.165) is 24.4 Å². The molecule has 0 bridgehead atoms. The molecule has 16 heavy (non-hydrogen) atoms. The van der Waals surface area contributed by atoms with Crippen molar-refractivity contribution in [1.29, 1.82) is 0 Å². The van der Waals surface area contributed by atoms with Crippen LogP contribution in [-0.4, -0.2) is 22.0 Å². The lowest BCUT2D eigenvalue weighted by molar-refractivity contribution is 0.383. The Bertz CT molecular complexity index is 259. The number of nitrogens with zero attached hydrogens (tertiary/aromatic N) is 1. The van der Waals surface area contributed by atoms with Crippen molar-refractivity contribution >= 4 is 16.9 Å². The number of aliphatic imine (C=N–C) groups is 1. The molecule has 1 rings (SSSR count). The lowest BCUT2D eigenvalue weighted by Crippen LogP contribution is -2.46. The maximum absolute atomic E-state index is 4.88. The predicted molar refractivity (Wildman–Crippen MR) is 75.3 cm³/mol. The van der Waals surface area contributed by atoms with Gasteiger partial charge in [0, 0.05) is 11.3 Å². The van der Waals surface area contributed by atoms with E-state index in [2.05, 4.69) is 39.9 Å². The Balaban J connectivity index is 2.73. The molecule has 1 N–H and O–H groups in total. The number of amidine groups is 1. The average Bonchev–Trinajstić information content (AvgIpc) is 2.29. The van der Waals surface area contributed by atoms with Gasteiger partial charge in [-0.05, 0) is 39.5 Å². The molecule has 0 aromatic carbocycles. The Kier molecular flexibility index (Phi) is 4.72. The molecule has 0 aliphatic carbocycles. The summed E-state index contributed by atoms with van der Waals surface area (Å²) in [6, 6.07) is 0. The van der Waals surface area contributed by atoms with E-state index >= 15 is 0 Å². The summed E-state index contributed by atoms with van der Waals surface area (Å²) in [7, 11) is 0. The maximum Gasteiger partial charge on any atom is 0.157 e. The maximum atomic E-state index is 4.88. The number of thioether (sulfide) groups is 1. The van der Waals surface area contributed by atoms with E-state index in [1.165, 1.54) is 12.2 Å². The Labute approximate surface area is 105 Å². The van der Waals surface area contributed by atoms with Crippen LogP contribution in [0.4, 0.5) is 0 Å². The second-order valence-corrected chi connectivity index (χ2v) is 6.34. The first-order valence-electron chi connectivity index (χ1n) is 6.48. The number of hydrogen-bond acceptors (Lipinski definition) is 3. The Morgan fingerprint density at radius 3 is 2.50 bits per heavy atom. The van der Waals surface area contributed by atoms with E-state index in [4.69, 9.17) is 4.99 Å². The Hall–Kier alpha value is -0.180. The summed E-state index contributed by atoms with van der Waals surface area (Å²) >= 11 is 1.88. The van der Waals surface area contributed by atoms with Crippen molar-refractivity contribution < 1.29 is 0 Å². The van der Waals surface area contributed by atoms with Gasteiger partial charge in [-0.2, -0.15) is 0 Å². The fraction of sp³-hybridized carbons (Fsp3) is 0.923. The Morgan fingerprint density at radius 1 is 1.38 bits per heavy atom. The number of rotatable bonds is 4. The fourth-order valence-corrected chi connectivity index (χ4v) is 3.04. The van der Waals surface area contributed by atoms with Gasteiger partial charge in [-0.25, -0.2) is 0 Å². The second-order valence-electron chi connectivity index (χ2n) is 5.26. The Morgan fingerprint density at radius 2 is 2.00 bits per heavy atom. The molecule has 1 aliphatic heterocycles. The van der Waals surface area contributed by atoms with Crippen LogP contribution in [0.25, 0.3) is 0 Å². The molecule has 1 heterocycles. The highest BCUT2D eigenvalue weighted by molar-refractivity contribution is 8.13. The van der Waals surface area contributed by atoms with Crippen LogP contribution < -0.4 is 5.32 Å². The largest absolute Gasteiger partial charge is 0.360 e. The van der Waals surface area contributed by atoms with E-state index in [1.807, 2.05) is 11.8 Å². The van der Waals surface area contributed by atoms with E-state index in [1.54, 1.807) is 0 Å². The van der Waals surface area contributed by atoms with E-state index in [9.17, 15) is 0 Å². The lowest BCUT2D eigenvalue weighted by atomic mass is 9.95. The molecule has 3 heteroatoms. The van der Waals surface area contributed by atoms with Gasteiger partial charge in [-0.1, -0.05) is 32.5 Å². The molecule has 0 amide bonds. The van der Waals surface area contributed by atoms with Crippen molar-refractivity contribution in [1.82, 2.24) is 5.32 Å². The molecular weight excluding hydrogens is 216 g/mol. The molecule has 0 spiro atoms. The molecule has 0 saturated carbocycles. The van der Waals surface area contributed by atoms with Gasteiger partial charge in [0.2, 0.25) is 0 Å². The third kappa shape index (κ3) is 3.41. The zero-order chi connectivity index (χ0) is 12.2. The van der Waals surface area contributed by atoms with Gasteiger partial charge in [0.1, 0.15) is 0 Å². The predicted octanol–water partition coefficient (Wildman–Crippen LogP) is 3.82. The van der Waals surface area contributed by atoms with Gasteiger partial charge in [0.25, 0.3) is 0 Å². The molecule has 1 aliphatic rings. The topological polar surface area (TPSA) is 24.4 Å². The van der Waals surface area contributed by atoms with Gasteiger partial charge < -0.3 is 5.32 Å². The highest BCUT2D eigenvalue weighted by Gasteiger charge is 2.28. The molecule has 1 unspecified atom stereocenters. The standard InChI is InChI=1S/C13H26N2S/c1-6-12(4,7-2)14-11-15-13(5,8-3)9-10-16-11/h6-10H2,1-5H3,(H,14,15). The van der Waals surface area contributed by atoms with Gasteiger partial charge in [-0.15, -0.1) is 0 Å². The second kappa shape index (κ2) is 5.44. The van der Waals surface area contributed by atoms with E-state index in [-0.39, 0.29) is 11.1 Å². The highest BCUT2D eigenvalue weighted by atomic mass is 32.2. The first-order chi connectivity index (χ1) is 7.47. The minimum atomic E-state index is 0.163. The molecule has 0 radical (unpaired) electrons. The van der Waals surface area contributed by atoms with Crippen molar-refractivity contribution in [2.24, 2.45) is 4.99 Å². The van der Waals surface area contributed by atoms with E-state index < -0.39 is 0 Å². The number of nitrogens with one attached hydrogen (secondary N) is 1. The summed E-state index contributed by atoms with van der Waals surface area (Å²) in [5.41, 5.74) is 0.369.